The van der Waals surface area contributed by atoms with Crippen molar-refractivity contribution in [1.82, 2.24) is 4.90 Å². The number of hydrogen-bond acceptors (Lipinski definition) is 5. The van der Waals surface area contributed by atoms with E-state index in [1.807, 2.05) is 0 Å². The van der Waals surface area contributed by atoms with Crippen LogP contribution in [0.15, 0.2) is 36.4 Å². The minimum atomic E-state index is -0.626. The number of imide groups is 1. The van der Waals surface area contributed by atoms with E-state index in [4.69, 9.17) is 27.9 Å². The molecule has 0 radical (unpaired) electrons. The lowest BCUT2D eigenvalue weighted by molar-refractivity contribution is -0.119. The Bertz CT molecular complexity index is 984. The molecule has 2 aromatic carbocycles. The van der Waals surface area contributed by atoms with Gasteiger partial charge in [0.1, 0.15) is 13.2 Å². The van der Waals surface area contributed by atoms with Crippen molar-refractivity contribution >= 4 is 58.2 Å². The van der Waals surface area contributed by atoms with E-state index in [0.29, 0.717) is 11.4 Å². The van der Waals surface area contributed by atoms with Crippen LogP contribution < -0.4 is 10.6 Å². The second-order valence-corrected chi connectivity index (χ2v) is 6.93. The molecule has 0 atom stereocenters. The van der Waals surface area contributed by atoms with Crippen molar-refractivity contribution in [3.63, 3.8) is 0 Å². The highest BCUT2D eigenvalue weighted by atomic mass is 35.5. The van der Waals surface area contributed by atoms with Crippen molar-refractivity contribution in [2.75, 3.05) is 30.9 Å². The Morgan fingerprint density at radius 1 is 0.931 bits per heavy atom. The molecule has 0 saturated carbocycles. The van der Waals surface area contributed by atoms with E-state index >= 15 is 0 Å². The minimum Gasteiger partial charge on any atom is -0.375 e. The van der Waals surface area contributed by atoms with Crippen LogP contribution in [0.3, 0.4) is 0 Å². The predicted molar refractivity (Wildman–Crippen MR) is 107 cm³/mol. The van der Waals surface area contributed by atoms with Crippen LogP contribution in [0.25, 0.3) is 0 Å². The number of nitrogens with one attached hydrogen (secondary N) is 2. The number of carbonyl (C=O) groups excluding carboxylic acids is 4. The van der Waals surface area contributed by atoms with Crippen LogP contribution in [0, 0.1) is 0 Å². The summed E-state index contributed by atoms with van der Waals surface area (Å²) in [5, 5.41) is 5.48. The lowest BCUT2D eigenvalue weighted by Gasteiger charge is -2.14. The molecule has 1 aliphatic rings. The Hall–Kier alpha value is -2.94. The molecule has 3 rings (SSSR count). The third-order valence-electron chi connectivity index (χ3n) is 4.02. The van der Waals surface area contributed by atoms with E-state index in [0.717, 1.165) is 4.90 Å². The van der Waals surface area contributed by atoms with Gasteiger partial charge in [-0.1, -0.05) is 29.3 Å². The van der Waals surface area contributed by atoms with Gasteiger partial charge in [0.15, 0.2) is 0 Å². The summed E-state index contributed by atoms with van der Waals surface area (Å²) in [6.45, 7) is -0.591. The van der Waals surface area contributed by atoms with Crippen molar-refractivity contribution in [2.45, 2.75) is 0 Å². The van der Waals surface area contributed by atoms with Gasteiger partial charge in [-0.05, 0) is 30.3 Å². The first kappa shape index (κ1) is 20.8. The van der Waals surface area contributed by atoms with Gasteiger partial charge in [-0.3, -0.25) is 24.1 Å². The molecular weight excluding hydrogens is 421 g/mol. The van der Waals surface area contributed by atoms with Gasteiger partial charge < -0.3 is 15.4 Å². The molecule has 0 saturated heterocycles. The molecule has 150 valence electrons. The highest BCUT2D eigenvalue weighted by Gasteiger charge is 2.37. The van der Waals surface area contributed by atoms with Gasteiger partial charge >= 0.3 is 0 Å². The van der Waals surface area contributed by atoms with Crippen molar-refractivity contribution in [3.05, 3.63) is 57.6 Å². The van der Waals surface area contributed by atoms with E-state index in [1.54, 1.807) is 18.2 Å². The lowest BCUT2D eigenvalue weighted by Crippen LogP contribution is -2.37. The van der Waals surface area contributed by atoms with Crippen molar-refractivity contribution in [2.24, 2.45) is 0 Å². The third-order valence-corrected chi connectivity index (χ3v) is 4.74. The largest absolute Gasteiger partial charge is 0.375 e. The first-order chi connectivity index (χ1) is 13.8. The molecule has 1 heterocycles. The number of carbonyl (C=O) groups is 4. The number of methoxy groups -OCH3 is 1. The lowest BCUT2D eigenvalue weighted by atomic mass is 10.1. The van der Waals surface area contributed by atoms with Crippen LogP contribution in [-0.4, -0.2) is 48.8 Å². The van der Waals surface area contributed by atoms with E-state index in [9.17, 15) is 19.2 Å². The van der Waals surface area contributed by atoms with Crippen LogP contribution in [-0.2, 0) is 14.3 Å². The fourth-order valence-electron chi connectivity index (χ4n) is 2.77. The van der Waals surface area contributed by atoms with E-state index in [-0.39, 0.29) is 33.7 Å². The van der Waals surface area contributed by atoms with Gasteiger partial charge in [0.2, 0.25) is 11.8 Å². The number of amides is 4. The molecule has 1 aliphatic heterocycles. The maximum atomic E-state index is 12.5. The monoisotopic (exact) mass is 435 g/mol. The Morgan fingerprint density at radius 3 is 1.97 bits per heavy atom. The number of rotatable bonds is 6. The van der Waals surface area contributed by atoms with Gasteiger partial charge in [-0.2, -0.15) is 0 Å². The number of benzene rings is 2. The fraction of sp³-hybridized carbons (Fsp3) is 0.158. The zero-order chi connectivity index (χ0) is 21.1. The highest BCUT2D eigenvalue weighted by molar-refractivity contribution is 6.43. The first-order valence-corrected chi connectivity index (χ1v) is 9.09. The molecule has 0 bridgehead atoms. The molecule has 0 aromatic heterocycles. The molecule has 0 fully saturated rings. The Kier molecular flexibility index (Phi) is 6.17. The summed E-state index contributed by atoms with van der Waals surface area (Å²) >= 11 is 11.8. The molecule has 0 spiro atoms. The topological polar surface area (TPSA) is 105 Å². The van der Waals surface area contributed by atoms with Crippen molar-refractivity contribution in [3.8, 4) is 0 Å². The smallest absolute Gasteiger partial charge is 0.262 e. The molecule has 10 heteroatoms. The number of anilines is 2. The second-order valence-electron chi connectivity index (χ2n) is 6.12. The van der Waals surface area contributed by atoms with Crippen LogP contribution in [0.4, 0.5) is 11.4 Å². The highest BCUT2D eigenvalue weighted by Crippen LogP contribution is 2.31. The van der Waals surface area contributed by atoms with Crippen LogP contribution in [0.2, 0.25) is 10.0 Å². The summed E-state index contributed by atoms with van der Waals surface area (Å²) in [5.74, 6) is -2.19. The molecule has 4 amide bonds. The van der Waals surface area contributed by atoms with E-state index < -0.39 is 24.3 Å². The van der Waals surface area contributed by atoms with Gasteiger partial charge in [0.05, 0.1) is 21.2 Å². The van der Waals surface area contributed by atoms with Crippen LogP contribution in [0.1, 0.15) is 20.7 Å². The first-order valence-electron chi connectivity index (χ1n) is 8.34. The Balaban J connectivity index is 1.68. The van der Waals surface area contributed by atoms with Gasteiger partial charge in [-0.15, -0.1) is 0 Å². The zero-order valence-corrected chi connectivity index (χ0v) is 16.6. The summed E-state index contributed by atoms with van der Waals surface area (Å²) in [4.78, 5) is 49.7. The molecular formula is C19H15Cl2N3O5. The van der Waals surface area contributed by atoms with E-state index in [1.165, 1.54) is 25.3 Å². The predicted octanol–water partition coefficient (Wildman–Crippen LogP) is 2.81. The van der Waals surface area contributed by atoms with Gasteiger partial charge in [0, 0.05) is 18.5 Å². The standard InChI is InChI=1S/C19H15Cl2N3O5/c1-29-9-17(26)23-11-4-2-3-10(5-11)22-16(25)8-24-18(27)12-6-14(20)15(21)7-13(12)19(24)28/h2-7H,8-9H2,1H3,(H,22,25)(H,23,26). The summed E-state index contributed by atoms with van der Waals surface area (Å²) in [5.41, 5.74) is 1.03. The van der Waals surface area contributed by atoms with Crippen LogP contribution in [0.5, 0.6) is 0 Å². The average Bonchev–Trinajstić information content (AvgIpc) is 2.87. The van der Waals surface area contributed by atoms with Gasteiger partial charge in [0.25, 0.3) is 11.8 Å². The quantitative estimate of drug-likeness (QED) is 0.678. The number of ether oxygens (including phenoxy) is 1. The number of fused-ring (bicyclic) bond motifs is 1. The molecule has 0 unspecified atom stereocenters. The maximum Gasteiger partial charge on any atom is 0.262 e. The van der Waals surface area contributed by atoms with Crippen LogP contribution >= 0.6 is 23.2 Å². The maximum absolute atomic E-state index is 12.5. The summed E-state index contributed by atoms with van der Waals surface area (Å²) < 4.78 is 4.74. The molecule has 0 aliphatic carbocycles. The van der Waals surface area contributed by atoms with Crippen molar-refractivity contribution < 1.29 is 23.9 Å². The molecule has 2 N–H and O–H groups in total. The molecule has 2 aromatic rings. The molecule has 8 nitrogen and oxygen atoms in total. The number of nitrogens with zero attached hydrogens (tertiary/aromatic N) is 1. The Labute approximate surface area is 175 Å². The minimum absolute atomic E-state index is 0.0973. The fourth-order valence-corrected chi connectivity index (χ4v) is 3.10. The summed E-state index contributed by atoms with van der Waals surface area (Å²) in [7, 11) is 1.40. The number of hydrogen-bond donors (Lipinski definition) is 2. The van der Waals surface area contributed by atoms with Crippen molar-refractivity contribution in [1.29, 1.82) is 0 Å². The summed E-state index contributed by atoms with van der Waals surface area (Å²) in [6.07, 6.45) is 0. The zero-order valence-electron chi connectivity index (χ0n) is 15.1. The normalized spacial score (nSPS) is 12.7. The Morgan fingerprint density at radius 2 is 1.45 bits per heavy atom. The average molecular weight is 436 g/mol. The molecule has 29 heavy (non-hydrogen) atoms. The second kappa shape index (κ2) is 8.60. The van der Waals surface area contributed by atoms with Gasteiger partial charge in [-0.25, -0.2) is 0 Å². The van der Waals surface area contributed by atoms with E-state index in [2.05, 4.69) is 10.6 Å². The third kappa shape index (κ3) is 4.56. The number of halogens is 2. The SMILES string of the molecule is COCC(=O)Nc1cccc(NC(=O)CN2C(=O)c3cc(Cl)c(Cl)cc3C2=O)c1. The summed E-state index contributed by atoms with van der Waals surface area (Å²) in [6, 6.07) is 9.02.